The molecule has 1 aromatic rings. The van der Waals surface area contributed by atoms with Crippen LogP contribution in [0.4, 0.5) is 0 Å². The van der Waals surface area contributed by atoms with Crippen LogP contribution in [0, 0.1) is 5.92 Å². The lowest BCUT2D eigenvalue weighted by Crippen LogP contribution is -2.13. The molecule has 0 amide bonds. The molecule has 88 valence electrons. The van der Waals surface area contributed by atoms with E-state index in [1.165, 1.54) is 0 Å². The summed E-state index contributed by atoms with van der Waals surface area (Å²) in [5.74, 6) is 0.103. The van der Waals surface area contributed by atoms with Gasteiger partial charge < -0.3 is 9.84 Å². The van der Waals surface area contributed by atoms with Crippen molar-refractivity contribution < 1.29 is 9.84 Å². The van der Waals surface area contributed by atoms with Crippen molar-refractivity contribution in [2.45, 2.75) is 25.6 Å². The van der Waals surface area contributed by atoms with Crippen LogP contribution in [0.1, 0.15) is 25.0 Å². The molecule has 0 radical (unpaired) electrons. The maximum atomic E-state index is 10.2. The van der Waals surface area contributed by atoms with Gasteiger partial charge in [-0.2, -0.15) is 0 Å². The maximum absolute atomic E-state index is 10.2. The number of rotatable bonds is 2. The molecule has 1 fully saturated rings. The zero-order valence-corrected chi connectivity index (χ0v) is 10.5. The van der Waals surface area contributed by atoms with Gasteiger partial charge in [0.05, 0.1) is 18.8 Å². The smallest absolute Gasteiger partial charge is 0.0856 e. The second kappa shape index (κ2) is 4.92. The van der Waals surface area contributed by atoms with Crippen LogP contribution in [0.2, 0.25) is 10.0 Å². The second-order valence-electron chi connectivity index (χ2n) is 4.25. The minimum atomic E-state index is -0.601. The quantitative estimate of drug-likeness (QED) is 0.883. The van der Waals surface area contributed by atoms with Crippen LogP contribution >= 0.6 is 23.2 Å². The Hall–Kier alpha value is -0.280. The molecule has 1 aromatic carbocycles. The van der Waals surface area contributed by atoms with Gasteiger partial charge in [-0.3, -0.25) is 0 Å². The molecule has 4 heteroatoms. The average Bonchev–Trinajstić information content (AvgIpc) is 2.67. The molecular weight excluding hydrogens is 247 g/mol. The van der Waals surface area contributed by atoms with Gasteiger partial charge in [0.1, 0.15) is 0 Å². The van der Waals surface area contributed by atoms with Gasteiger partial charge in [0, 0.05) is 21.5 Å². The molecule has 1 N–H and O–H groups in total. The van der Waals surface area contributed by atoms with Gasteiger partial charge in [-0.05, 0) is 31.5 Å². The average molecular weight is 261 g/mol. The Morgan fingerprint density at radius 3 is 2.81 bits per heavy atom. The number of hydrogen-bond acceptors (Lipinski definition) is 2. The summed E-state index contributed by atoms with van der Waals surface area (Å²) in [5, 5.41) is 11.4. The first-order valence-corrected chi connectivity index (χ1v) is 6.08. The van der Waals surface area contributed by atoms with Crippen molar-refractivity contribution in [2.75, 3.05) is 6.61 Å². The molecule has 0 saturated carbocycles. The fourth-order valence-electron chi connectivity index (χ4n) is 2.07. The van der Waals surface area contributed by atoms with Crippen molar-refractivity contribution in [3.8, 4) is 0 Å². The van der Waals surface area contributed by atoms with Gasteiger partial charge in [0.2, 0.25) is 0 Å². The fraction of sp³-hybridized carbons (Fsp3) is 0.500. The van der Waals surface area contributed by atoms with Crippen molar-refractivity contribution in [1.29, 1.82) is 0 Å². The largest absolute Gasteiger partial charge is 0.388 e. The van der Waals surface area contributed by atoms with Gasteiger partial charge in [-0.25, -0.2) is 0 Å². The Labute approximate surface area is 105 Å². The number of benzene rings is 1. The van der Waals surface area contributed by atoms with E-state index in [1.807, 2.05) is 6.92 Å². The Morgan fingerprint density at radius 2 is 2.19 bits per heavy atom. The molecule has 0 aromatic heterocycles. The van der Waals surface area contributed by atoms with Crippen LogP contribution in [0.25, 0.3) is 0 Å². The van der Waals surface area contributed by atoms with Crippen LogP contribution in [0.5, 0.6) is 0 Å². The van der Waals surface area contributed by atoms with E-state index >= 15 is 0 Å². The first-order valence-electron chi connectivity index (χ1n) is 5.32. The first kappa shape index (κ1) is 12.2. The Balaban J connectivity index is 2.20. The monoisotopic (exact) mass is 260 g/mol. The van der Waals surface area contributed by atoms with Gasteiger partial charge >= 0.3 is 0 Å². The molecule has 3 unspecified atom stereocenters. The van der Waals surface area contributed by atoms with Crippen LogP contribution < -0.4 is 0 Å². The summed E-state index contributed by atoms with van der Waals surface area (Å²) in [6, 6.07) is 5.15. The van der Waals surface area contributed by atoms with Crippen LogP contribution in [-0.2, 0) is 4.74 Å². The van der Waals surface area contributed by atoms with Crippen LogP contribution in [0.15, 0.2) is 18.2 Å². The molecular formula is C12H14Cl2O2. The van der Waals surface area contributed by atoms with Crippen molar-refractivity contribution in [3.63, 3.8) is 0 Å². The van der Waals surface area contributed by atoms with Crippen LogP contribution in [0.3, 0.4) is 0 Å². The minimum Gasteiger partial charge on any atom is -0.388 e. The third-order valence-electron chi connectivity index (χ3n) is 2.95. The predicted molar refractivity (Wildman–Crippen MR) is 64.9 cm³/mol. The lowest BCUT2D eigenvalue weighted by Gasteiger charge is -2.18. The predicted octanol–water partition coefficient (Wildman–Crippen LogP) is 3.45. The summed E-state index contributed by atoms with van der Waals surface area (Å²) < 4.78 is 5.44. The number of aliphatic hydroxyl groups is 1. The maximum Gasteiger partial charge on any atom is 0.0856 e. The van der Waals surface area contributed by atoms with E-state index in [2.05, 4.69) is 0 Å². The van der Waals surface area contributed by atoms with Crippen molar-refractivity contribution in [2.24, 2.45) is 5.92 Å². The molecule has 1 heterocycles. The van der Waals surface area contributed by atoms with E-state index in [-0.39, 0.29) is 12.0 Å². The van der Waals surface area contributed by atoms with E-state index in [4.69, 9.17) is 27.9 Å². The number of aliphatic hydroxyl groups excluding tert-OH is 1. The number of halogens is 2. The van der Waals surface area contributed by atoms with Crippen molar-refractivity contribution >= 4 is 23.2 Å². The Morgan fingerprint density at radius 1 is 1.44 bits per heavy atom. The van der Waals surface area contributed by atoms with E-state index in [1.54, 1.807) is 18.2 Å². The molecule has 1 saturated heterocycles. The molecule has 2 nitrogen and oxygen atoms in total. The van der Waals surface area contributed by atoms with E-state index in [0.29, 0.717) is 22.2 Å². The van der Waals surface area contributed by atoms with Gasteiger partial charge in [-0.15, -0.1) is 0 Å². The molecule has 0 bridgehead atoms. The minimum absolute atomic E-state index is 0.103. The molecule has 16 heavy (non-hydrogen) atoms. The standard InChI is InChI=1S/C12H14Cl2O2/c1-7-4-8(6-16-7)12(15)10-5-9(13)2-3-11(10)14/h2-3,5,7-8,12,15H,4,6H2,1H3. The Kier molecular flexibility index (Phi) is 3.75. The highest BCUT2D eigenvalue weighted by molar-refractivity contribution is 6.33. The molecule has 2 rings (SSSR count). The van der Waals surface area contributed by atoms with Gasteiger partial charge in [0.15, 0.2) is 0 Å². The number of hydrogen-bond donors (Lipinski definition) is 1. The highest BCUT2D eigenvalue weighted by Crippen LogP contribution is 2.35. The van der Waals surface area contributed by atoms with Crippen molar-refractivity contribution in [1.82, 2.24) is 0 Å². The zero-order chi connectivity index (χ0) is 11.7. The van der Waals surface area contributed by atoms with Gasteiger partial charge in [0.25, 0.3) is 0 Å². The molecule has 0 spiro atoms. The molecule has 1 aliphatic rings. The first-order chi connectivity index (χ1) is 7.58. The van der Waals surface area contributed by atoms with E-state index in [9.17, 15) is 5.11 Å². The SMILES string of the molecule is CC1CC(C(O)c2cc(Cl)ccc2Cl)CO1. The summed E-state index contributed by atoms with van der Waals surface area (Å²) in [6.07, 6.45) is 0.457. The summed E-state index contributed by atoms with van der Waals surface area (Å²) in [7, 11) is 0. The highest BCUT2D eigenvalue weighted by Gasteiger charge is 2.30. The lowest BCUT2D eigenvalue weighted by atomic mass is 9.94. The highest BCUT2D eigenvalue weighted by atomic mass is 35.5. The summed E-state index contributed by atoms with van der Waals surface area (Å²) in [5.41, 5.74) is 0.692. The lowest BCUT2D eigenvalue weighted by molar-refractivity contribution is 0.0804. The Bertz CT molecular complexity index is 381. The zero-order valence-electron chi connectivity index (χ0n) is 8.99. The van der Waals surface area contributed by atoms with E-state index in [0.717, 1.165) is 6.42 Å². The third kappa shape index (κ3) is 2.51. The molecule has 0 aliphatic carbocycles. The summed E-state index contributed by atoms with van der Waals surface area (Å²) in [6.45, 7) is 2.58. The normalized spacial score (nSPS) is 27.0. The van der Waals surface area contributed by atoms with Crippen LogP contribution in [-0.4, -0.2) is 17.8 Å². The fourth-order valence-corrected chi connectivity index (χ4v) is 2.48. The van der Waals surface area contributed by atoms with E-state index < -0.39 is 6.10 Å². The molecule has 3 atom stereocenters. The third-order valence-corrected chi connectivity index (χ3v) is 3.53. The van der Waals surface area contributed by atoms with Crippen molar-refractivity contribution in [3.05, 3.63) is 33.8 Å². The summed E-state index contributed by atoms with van der Waals surface area (Å²) in [4.78, 5) is 0. The second-order valence-corrected chi connectivity index (χ2v) is 5.09. The molecule has 1 aliphatic heterocycles. The summed E-state index contributed by atoms with van der Waals surface area (Å²) >= 11 is 11.9. The topological polar surface area (TPSA) is 29.5 Å². The van der Waals surface area contributed by atoms with Gasteiger partial charge in [-0.1, -0.05) is 23.2 Å². The number of ether oxygens (including phenoxy) is 1.